The summed E-state index contributed by atoms with van der Waals surface area (Å²) in [6, 6.07) is 14.1. The molecule has 1 heterocycles. The molecule has 0 saturated heterocycles. The van der Waals surface area contributed by atoms with Crippen LogP contribution in [0.2, 0.25) is 0 Å². The van der Waals surface area contributed by atoms with Crippen LogP contribution in [-0.4, -0.2) is 24.2 Å². The topological polar surface area (TPSA) is 43.6 Å². The highest BCUT2D eigenvalue weighted by Gasteiger charge is 2.09. The Kier molecular flexibility index (Phi) is 5.17. The van der Waals surface area contributed by atoms with Gasteiger partial charge in [0.2, 0.25) is 0 Å². The summed E-state index contributed by atoms with van der Waals surface area (Å²) in [6.45, 7) is 1.04. The number of rotatable bonds is 5. The quantitative estimate of drug-likeness (QED) is 0.714. The summed E-state index contributed by atoms with van der Waals surface area (Å²) in [7, 11) is 1.62. The van der Waals surface area contributed by atoms with E-state index in [2.05, 4.69) is 4.99 Å². The molecule has 124 valence electrons. The van der Waals surface area contributed by atoms with Gasteiger partial charge in [-0.25, -0.2) is 4.39 Å². The van der Waals surface area contributed by atoms with Gasteiger partial charge < -0.3 is 9.30 Å². The van der Waals surface area contributed by atoms with Gasteiger partial charge in [0.25, 0.3) is 5.91 Å². The third-order valence-corrected chi connectivity index (χ3v) is 4.62. The molecule has 0 fully saturated rings. The molecule has 3 rings (SSSR count). The molecule has 0 bridgehead atoms. The van der Waals surface area contributed by atoms with Crippen molar-refractivity contribution < 1.29 is 13.9 Å². The second-order valence-electron chi connectivity index (χ2n) is 5.31. The van der Waals surface area contributed by atoms with E-state index in [-0.39, 0.29) is 18.1 Å². The van der Waals surface area contributed by atoms with Gasteiger partial charge in [-0.3, -0.25) is 4.79 Å². The van der Waals surface area contributed by atoms with Crippen LogP contribution in [0.1, 0.15) is 5.56 Å². The number of fused-ring (bicyclic) bond motifs is 1. The van der Waals surface area contributed by atoms with E-state index >= 15 is 0 Å². The lowest BCUT2D eigenvalue weighted by Crippen LogP contribution is -2.19. The molecule has 1 aromatic heterocycles. The van der Waals surface area contributed by atoms with Crippen molar-refractivity contribution in [3.63, 3.8) is 0 Å². The summed E-state index contributed by atoms with van der Waals surface area (Å²) >= 11 is 1.31. The van der Waals surface area contributed by atoms with Crippen molar-refractivity contribution in [1.29, 1.82) is 0 Å². The minimum atomic E-state index is -0.301. The largest absolute Gasteiger partial charge is 0.383 e. The fourth-order valence-electron chi connectivity index (χ4n) is 2.45. The smallest absolute Gasteiger partial charge is 0.252 e. The van der Waals surface area contributed by atoms with Crippen LogP contribution in [0.4, 0.5) is 4.39 Å². The number of hydrogen-bond acceptors (Lipinski definition) is 3. The fraction of sp³-hybridized carbons (Fsp3) is 0.222. The molecule has 2 aromatic carbocycles. The molecule has 0 aliphatic carbocycles. The van der Waals surface area contributed by atoms with Crippen molar-refractivity contribution in [3.8, 4) is 0 Å². The highest BCUT2D eigenvalue weighted by Crippen LogP contribution is 2.18. The van der Waals surface area contributed by atoms with E-state index in [9.17, 15) is 9.18 Å². The Morgan fingerprint density at radius 1 is 1.25 bits per heavy atom. The van der Waals surface area contributed by atoms with Crippen LogP contribution in [-0.2, 0) is 22.5 Å². The lowest BCUT2D eigenvalue weighted by Gasteiger charge is -2.04. The van der Waals surface area contributed by atoms with E-state index in [1.807, 2.05) is 34.9 Å². The van der Waals surface area contributed by atoms with Crippen LogP contribution in [0.15, 0.2) is 53.5 Å². The maximum atomic E-state index is 13.5. The van der Waals surface area contributed by atoms with Gasteiger partial charge in [0.15, 0.2) is 4.80 Å². The average Bonchev–Trinajstić information content (AvgIpc) is 2.89. The standard InChI is InChI=1S/C18H17FN2O2S/c1-23-10-9-21-15-8-7-14(19)12-16(15)24-18(21)20-17(22)11-13-5-3-2-4-6-13/h2-8,12H,9-11H2,1H3. The monoisotopic (exact) mass is 344 g/mol. The van der Waals surface area contributed by atoms with Crippen molar-refractivity contribution in [3.05, 3.63) is 64.7 Å². The highest BCUT2D eigenvalue weighted by molar-refractivity contribution is 7.16. The number of ether oxygens (including phenoxy) is 1. The maximum Gasteiger partial charge on any atom is 0.252 e. The highest BCUT2D eigenvalue weighted by atomic mass is 32.1. The van der Waals surface area contributed by atoms with Gasteiger partial charge in [0.1, 0.15) is 5.82 Å². The average molecular weight is 344 g/mol. The third-order valence-electron chi connectivity index (χ3n) is 3.58. The van der Waals surface area contributed by atoms with E-state index < -0.39 is 0 Å². The number of methoxy groups -OCH3 is 1. The molecule has 0 spiro atoms. The van der Waals surface area contributed by atoms with E-state index in [1.54, 1.807) is 13.2 Å². The minimum Gasteiger partial charge on any atom is -0.383 e. The van der Waals surface area contributed by atoms with E-state index in [0.29, 0.717) is 18.0 Å². The Bertz CT molecular complexity index is 916. The zero-order valence-electron chi connectivity index (χ0n) is 13.2. The number of hydrogen-bond donors (Lipinski definition) is 0. The first-order valence-electron chi connectivity index (χ1n) is 7.56. The Balaban J connectivity index is 1.98. The molecule has 6 heteroatoms. The second kappa shape index (κ2) is 7.51. The Hall–Kier alpha value is -2.31. The van der Waals surface area contributed by atoms with Crippen molar-refractivity contribution >= 4 is 27.5 Å². The number of carbonyl (C=O) groups excluding carboxylic acids is 1. The van der Waals surface area contributed by atoms with Gasteiger partial charge in [-0.2, -0.15) is 4.99 Å². The van der Waals surface area contributed by atoms with Gasteiger partial charge in [-0.1, -0.05) is 41.7 Å². The van der Waals surface area contributed by atoms with Crippen LogP contribution >= 0.6 is 11.3 Å². The van der Waals surface area contributed by atoms with E-state index in [4.69, 9.17) is 4.74 Å². The first-order valence-corrected chi connectivity index (χ1v) is 8.38. The SMILES string of the molecule is COCCn1c(=NC(=O)Cc2ccccc2)sc2cc(F)ccc21. The minimum absolute atomic E-state index is 0.223. The van der Waals surface area contributed by atoms with Gasteiger partial charge in [-0.05, 0) is 23.8 Å². The first-order chi connectivity index (χ1) is 11.7. The molecule has 0 aliphatic rings. The normalized spacial score (nSPS) is 12.0. The molecular formula is C18H17FN2O2S. The number of amides is 1. The molecule has 0 unspecified atom stereocenters. The van der Waals surface area contributed by atoms with E-state index in [0.717, 1.165) is 15.8 Å². The summed E-state index contributed by atoms with van der Waals surface area (Å²) in [4.78, 5) is 17.1. The summed E-state index contributed by atoms with van der Waals surface area (Å²) in [5.74, 6) is -0.524. The molecule has 1 amide bonds. The van der Waals surface area contributed by atoms with Crippen LogP contribution in [0.5, 0.6) is 0 Å². The maximum absolute atomic E-state index is 13.5. The molecule has 0 atom stereocenters. The molecule has 24 heavy (non-hydrogen) atoms. The van der Waals surface area contributed by atoms with Gasteiger partial charge in [-0.15, -0.1) is 0 Å². The number of nitrogens with zero attached hydrogens (tertiary/aromatic N) is 2. The zero-order chi connectivity index (χ0) is 16.9. The van der Waals surface area contributed by atoms with Crippen molar-refractivity contribution in [2.24, 2.45) is 4.99 Å². The van der Waals surface area contributed by atoms with Crippen molar-refractivity contribution in [2.45, 2.75) is 13.0 Å². The van der Waals surface area contributed by atoms with Gasteiger partial charge in [0.05, 0.1) is 23.2 Å². The third kappa shape index (κ3) is 3.77. The molecule has 0 N–H and O–H groups in total. The molecule has 4 nitrogen and oxygen atoms in total. The summed E-state index contributed by atoms with van der Waals surface area (Å²) < 4.78 is 21.2. The van der Waals surface area contributed by atoms with Crippen molar-refractivity contribution in [1.82, 2.24) is 4.57 Å². The second-order valence-corrected chi connectivity index (χ2v) is 6.32. The van der Waals surface area contributed by atoms with Crippen LogP contribution < -0.4 is 4.80 Å². The fourth-order valence-corrected chi connectivity index (χ4v) is 3.55. The van der Waals surface area contributed by atoms with Crippen LogP contribution in [0.3, 0.4) is 0 Å². The van der Waals surface area contributed by atoms with Gasteiger partial charge in [0, 0.05) is 13.7 Å². The molecule has 0 radical (unpaired) electrons. The molecule has 3 aromatic rings. The number of carbonyl (C=O) groups is 1. The zero-order valence-corrected chi connectivity index (χ0v) is 14.1. The number of benzene rings is 2. The summed E-state index contributed by atoms with van der Waals surface area (Å²) in [5.41, 5.74) is 1.77. The predicted octanol–water partition coefficient (Wildman–Crippen LogP) is 3.16. The van der Waals surface area contributed by atoms with Gasteiger partial charge >= 0.3 is 0 Å². The van der Waals surface area contributed by atoms with Crippen LogP contribution in [0.25, 0.3) is 10.2 Å². The van der Waals surface area contributed by atoms with E-state index in [1.165, 1.54) is 23.5 Å². The Morgan fingerprint density at radius 2 is 2.04 bits per heavy atom. The lowest BCUT2D eigenvalue weighted by molar-refractivity contribution is -0.117. The van der Waals surface area contributed by atoms with Crippen molar-refractivity contribution in [2.75, 3.05) is 13.7 Å². The number of halogens is 1. The summed E-state index contributed by atoms with van der Waals surface area (Å²) in [6.07, 6.45) is 0.244. The Morgan fingerprint density at radius 3 is 2.79 bits per heavy atom. The molecular weight excluding hydrogens is 327 g/mol. The summed E-state index contributed by atoms with van der Waals surface area (Å²) in [5, 5.41) is 0. The first kappa shape index (κ1) is 16.5. The lowest BCUT2D eigenvalue weighted by atomic mass is 10.1. The molecule has 0 saturated carbocycles. The predicted molar refractivity (Wildman–Crippen MR) is 92.4 cm³/mol. The number of aromatic nitrogens is 1. The van der Waals surface area contributed by atoms with Crippen LogP contribution in [0, 0.1) is 5.82 Å². The Labute approximate surface area is 142 Å². The molecule has 0 aliphatic heterocycles. The number of thiazole rings is 1.